The first-order valence-corrected chi connectivity index (χ1v) is 10.9. The quantitative estimate of drug-likeness (QED) is 0.260. The van der Waals surface area contributed by atoms with Gasteiger partial charge < -0.3 is 15.6 Å². The second kappa shape index (κ2) is 10.4. The van der Waals surface area contributed by atoms with Crippen LogP contribution in [0.4, 0.5) is 0 Å². The van der Waals surface area contributed by atoms with Crippen LogP contribution in [0.3, 0.4) is 0 Å². The van der Waals surface area contributed by atoms with E-state index < -0.39 is 0 Å². The smallest absolute Gasteiger partial charge is 0.191 e. The molecular weight excluding hydrogens is 493 g/mol. The van der Waals surface area contributed by atoms with Gasteiger partial charge in [-0.2, -0.15) is 0 Å². The standard InChI is InChI=1S/C22H29N5S.HI/c1-16(27-11-8-21-18(15-27)9-12-28-21)13-26-22(23-2)24-10-7-17-14-25-20-6-4-3-5-19(17)20;/h3-6,9,12,14,16,25H,7-8,10-11,13,15H2,1-2H3,(H2,23,24,26);1H. The molecule has 0 saturated carbocycles. The van der Waals surface area contributed by atoms with E-state index in [9.17, 15) is 0 Å². The lowest BCUT2D eigenvalue weighted by Crippen LogP contribution is -2.47. The van der Waals surface area contributed by atoms with Crippen molar-refractivity contribution in [3.63, 3.8) is 0 Å². The number of aromatic nitrogens is 1. The number of benzene rings is 1. The number of thiophene rings is 1. The lowest BCUT2D eigenvalue weighted by Gasteiger charge is -2.32. The number of aromatic amines is 1. The zero-order chi connectivity index (χ0) is 19.3. The molecule has 5 nitrogen and oxygen atoms in total. The maximum atomic E-state index is 4.38. The van der Waals surface area contributed by atoms with Crippen molar-refractivity contribution in [3.8, 4) is 0 Å². The highest BCUT2D eigenvalue weighted by atomic mass is 127. The summed E-state index contributed by atoms with van der Waals surface area (Å²) in [4.78, 5) is 11.8. The van der Waals surface area contributed by atoms with Crippen molar-refractivity contribution in [2.75, 3.05) is 26.7 Å². The summed E-state index contributed by atoms with van der Waals surface area (Å²) in [7, 11) is 1.84. The number of aliphatic imine (C=N–C) groups is 1. The number of guanidine groups is 1. The Bertz CT molecular complexity index is 947. The van der Waals surface area contributed by atoms with Gasteiger partial charge in [-0.15, -0.1) is 35.3 Å². The van der Waals surface area contributed by atoms with E-state index in [2.05, 4.69) is 74.3 Å². The lowest BCUT2D eigenvalue weighted by molar-refractivity contribution is 0.192. The first kappa shape index (κ1) is 22.1. The zero-order valence-electron chi connectivity index (χ0n) is 17.1. The van der Waals surface area contributed by atoms with Gasteiger partial charge in [-0.25, -0.2) is 0 Å². The molecule has 1 aliphatic heterocycles. The van der Waals surface area contributed by atoms with Gasteiger partial charge in [-0.1, -0.05) is 18.2 Å². The number of rotatable bonds is 6. The fourth-order valence-corrected chi connectivity index (χ4v) is 4.78. The summed E-state index contributed by atoms with van der Waals surface area (Å²) < 4.78 is 0. The summed E-state index contributed by atoms with van der Waals surface area (Å²) >= 11 is 1.90. The normalized spacial score (nSPS) is 15.6. The van der Waals surface area contributed by atoms with Crippen LogP contribution in [0.5, 0.6) is 0 Å². The third-order valence-electron chi connectivity index (χ3n) is 5.61. The van der Waals surface area contributed by atoms with Crippen LogP contribution >= 0.6 is 35.3 Å². The monoisotopic (exact) mass is 523 g/mol. The molecule has 3 aromatic rings. The number of hydrogen-bond donors (Lipinski definition) is 3. The Labute approximate surface area is 194 Å². The van der Waals surface area contributed by atoms with Gasteiger partial charge in [0.25, 0.3) is 0 Å². The molecule has 0 saturated heterocycles. The SMILES string of the molecule is CN=C(NCCc1c[nH]c2ccccc12)NCC(C)N1CCc2sccc2C1.I. The largest absolute Gasteiger partial charge is 0.361 e. The summed E-state index contributed by atoms with van der Waals surface area (Å²) in [6.45, 7) is 6.25. The van der Waals surface area contributed by atoms with Crippen molar-refractivity contribution < 1.29 is 0 Å². The van der Waals surface area contributed by atoms with Gasteiger partial charge in [0, 0.05) is 61.2 Å². The van der Waals surface area contributed by atoms with Crippen LogP contribution in [-0.2, 0) is 19.4 Å². The Morgan fingerprint density at radius 3 is 3.00 bits per heavy atom. The zero-order valence-corrected chi connectivity index (χ0v) is 20.2. The molecule has 0 amide bonds. The van der Waals surface area contributed by atoms with Crippen molar-refractivity contribution in [3.05, 3.63) is 57.9 Å². The van der Waals surface area contributed by atoms with E-state index in [0.717, 1.165) is 38.6 Å². The summed E-state index contributed by atoms with van der Waals surface area (Å²) in [6.07, 6.45) is 4.25. The van der Waals surface area contributed by atoms with E-state index in [1.54, 1.807) is 4.88 Å². The lowest BCUT2D eigenvalue weighted by atomic mass is 10.1. The molecule has 0 fully saturated rings. The van der Waals surface area contributed by atoms with Crippen LogP contribution in [-0.4, -0.2) is 48.6 Å². The van der Waals surface area contributed by atoms with Gasteiger partial charge in [0.15, 0.2) is 5.96 Å². The van der Waals surface area contributed by atoms with Gasteiger partial charge in [0.1, 0.15) is 0 Å². The van der Waals surface area contributed by atoms with Crippen LogP contribution in [0.25, 0.3) is 10.9 Å². The minimum atomic E-state index is 0. The van der Waals surface area contributed by atoms with E-state index >= 15 is 0 Å². The molecular formula is C22H30IN5S. The van der Waals surface area contributed by atoms with Gasteiger partial charge in [0.2, 0.25) is 0 Å². The Morgan fingerprint density at radius 1 is 1.28 bits per heavy atom. The van der Waals surface area contributed by atoms with Crippen LogP contribution in [0, 0.1) is 0 Å². The minimum absolute atomic E-state index is 0. The number of nitrogens with one attached hydrogen (secondary N) is 3. The molecule has 0 radical (unpaired) electrons. The van der Waals surface area contributed by atoms with E-state index in [4.69, 9.17) is 0 Å². The maximum Gasteiger partial charge on any atom is 0.191 e. The fourth-order valence-electron chi connectivity index (χ4n) is 3.89. The highest BCUT2D eigenvalue weighted by Gasteiger charge is 2.21. The summed E-state index contributed by atoms with van der Waals surface area (Å²) in [6, 6.07) is 11.2. The molecule has 1 aliphatic rings. The Morgan fingerprint density at radius 2 is 2.14 bits per heavy atom. The number of halogens is 1. The Hall–Kier alpha value is -1.58. The van der Waals surface area contributed by atoms with Crippen LogP contribution in [0.2, 0.25) is 0 Å². The Balaban J connectivity index is 0.00000240. The molecule has 1 unspecified atom stereocenters. The Kier molecular flexibility index (Phi) is 7.97. The molecule has 1 aromatic carbocycles. The second-order valence-electron chi connectivity index (χ2n) is 7.43. The van der Waals surface area contributed by atoms with Crippen molar-refractivity contribution >= 4 is 52.2 Å². The fraction of sp³-hybridized carbons (Fsp3) is 0.409. The third kappa shape index (κ3) is 5.32. The van der Waals surface area contributed by atoms with Crippen molar-refractivity contribution in [1.29, 1.82) is 0 Å². The highest BCUT2D eigenvalue weighted by molar-refractivity contribution is 14.0. The molecule has 156 valence electrons. The van der Waals surface area contributed by atoms with E-state index in [1.165, 1.54) is 28.5 Å². The van der Waals surface area contributed by atoms with Crippen molar-refractivity contribution in [2.45, 2.75) is 32.4 Å². The topological polar surface area (TPSA) is 55.5 Å². The van der Waals surface area contributed by atoms with Gasteiger partial charge >= 0.3 is 0 Å². The maximum absolute atomic E-state index is 4.38. The number of nitrogens with zero attached hydrogens (tertiary/aromatic N) is 2. The summed E-state index contributed by atoms with van der Waals surface area (Å²) in [5, 5.41) is 10.5. The van der Waals surface area contributed by atoms with Gasteiger partial charge in [-0.3, -0.25) is 9.89 Å². The molecule has 7 heteroatoms. The second-order valence-corrected chi connectivity index (χ2v) is 8.43. The summed E-state index contributed by atoms with van der Waals surface area (Å²) in [5.74, 6) is 0.875. The van der Waals surface area contributed by atoms with Crippen molar-refractivity contribution in [2.24, 2.45) is 4.99 Å². The molecule has 4 rings (SSSR count). The number of H-pyrrole nitrogens is 1. The van der Waals surface area contributed by atoms with Gasteiger partial charge in [-0.05, 0) is 48.4 Å². The molecule has 1 atom stereocenters. The van der Waals surface area contributed by atoms with Crippen LogP contribution < -0.4 is 10.6 Å². The van der Waals surface area contributed by atoms with Crippen molar-refractivity contribution in [1.82, 2.24) is 20.5 Å². The number of para-hydroxylation sites is 1. The van der Waals surface area contributed by atoms with Crippen LogP contribution in [0.15, 0.2) is 46.9 Å². The van der Waals surface area contributed by atoms with E-state index in [-0.39, 0.29) is 24.0 Å². The number of fused-ring (bicyclic) bond motifs is 2. The first-order valence-electron chi connectivity index (χ1n) is 10.0. The van der Waals surface area contributed by atoms with E-state index in [1.807, 2.05) is 18.4 Å². The van der Waals surface area contributed by atoms with Gasteiger partial charge in [0.05, 0.1) is 0 Å². The third-order valence-corrected chi connectivity index (χ3v) is 6.63. The average Bonchev–Trinajstić information content (AvgIpc) is 3.36. The first-order chi connectivity index (χ1) is 13.7. The minimum Gasteiger partial charge on any atom is -0.361 e. The molecule has 2 aromatic heterocycles. The van der Waals surface area contributed by atoms with Crippen LogP contribution in [0.1, 0.15) is 22.9 Å². The van der Waals surface area contributed by atoms with E-state index in [0.29, 0.717) is 6.04 Å². The predicted octanol–water partition coefficient (Wildman–Crippen LogP) is 4.00. The average molecular weight is 523 g/mol. The predicted molar refractivity (Wildman–Crippen MR) is 135 cm³/mol. The molecule has 29 heavy (non-hydrogen) atoms. The molecule has 3 N–H and O–H groups in total. The molecule has 3 heterocycles. The molecule has 0 spiro atoms. The number of hydrogen-bond acceptors (Lipinski definition) is 3. The highest BCUT2D eigenvalue weighted by Crippen LogP contribution is 2.25. The summed E-state index contributed by atoms with van der Waals surface area (Å²) in [5.41, 5.74) is 4.04. The molecule has 0 bridgehead atoms. The molecule has 0 aliphatic carbocycles.